The van der Waals surface area contributed by atoms with Crippen molar-refractivity contribution in [3.8, 4) is 0 Å². The van der Waals surface area contributed by atoms with Gasteiger partial charge in [-0.05, 0) is 31.6 Å². The summed E-state index contributed by atoms with van der Waals surface area (Å²) in [5.41, 5.74) is 0. The second-order valence-corrected chi connectivity index (χ2v) is 5.30. The van der Waals surface area contributed by atoms with Crippen molar-refractivity contribution in [2.75, 3.05) is 19.6 Å². The molecule has 18 heavy (non-hydrogen) atoms. The molecule has 1 amide bonds. The molecule has 0 aromatic rings. The largest absolute Gasteiger partial charge is 0.352 e. The molecule has 0 aliphatic heterocycles. The van der Waals surface area contributed by atoms with E-state index in [0.29, 0.717) is 12.6 Å². The van der Waals surface area contributed by atoms with Gasteiger partial charge in [0, 0.05) is 19.1 Å². The van der Waals surface area contributed by atoms with Crippen LogP contribution in [0, 0.1) is 5.92 Å². The fourth-order valence-corrected chi connectivity index (χ4v) is 2.45. The Kier molecular flexibility index (Phi) is 6.73. The molecule has 0 heterocycles. The number of rotatable bonds is 7. The Hall–Kier alpha value is -1.09. The quantitative estimate of drug-likeness (QED) is 0.704. The van der Waals surface area contributed by atoms with E-state index in [-0.39, 0.29) is 5.91 Å². The van der Waals surface area contributed by atoms with Gasteiger partial charge in [-0.25, -0.2) is 0 Å². The number of nitrogens with one attached hydrogen (secondary N) is 1. The van der Waals surface area contributed by atoms with Crippen LogP contribution in [0.2, 0.25) is 0 Å². The molecule has 0 spiro atoms. The average Bonchev–Trinajstić information content (AvgIpc) is 2.33. The van der Waals surface area contributed by atoms with E-state index in [2.05, 4.69) is 25.4 Å². The fourth-order valence-electron chi connectivity index (χ4n) is 2.45. The molecule has 1 aliphatic carbocycles. The number of hydrogen-bond donors (Lipinski definition) is 1. The van der Waals surface area contributed by atoms with Gasteiger partial charge >= 0.3 is 0 Å². The molecule has 0 unspecified atom stereocenters. The van der Waals surface area contributed by atoms with Crippen LogP contribution in [0.15, 0.2) is 25.3 Å². The van der Waals surface area contributed by atoms with E-state index in [1.807, 2.05) is 17.1 Å². The van der Waals surface area contributed by atoms with Gasteiger partial charge in [0.1, 0.15) is 0 Å². The molecule has 3 heteroatoms. The van der Waals surface area contributed by atoms with Gasteiger partial charge in [-0.2, -0.15) is 0 Å². The lowest BCUT2D eigenvalue weighted by Crippen LogP contribution is -2.43. The third-order valence-corrected chi connectivity index (χ3v) is 3.52. The van der Waals surface area contributed by atoms with Gasteiger partial charge in [-0.1, -0.05) is 19.1 Å². The number of hydrogen-bond acceptors (Lipinski definition) is 2. The average molecular weight is 250 g/mol. The number of nitrogens with zero attached hydrogens (tertiary/aromatic N) is 1. The minimum Gasteiger partial charge on any atom is -0.352 e. The van der Waals surface area contributed by atoms with Gasteiger partial charge in [-0.15, -0.1) is 13.2 Å². The summed E-state index contributed by atoms with van der Waals surface area (Å²) in [6, 6.07) is 0.378. The SMILES string of the molecule is C=CCN(CC=C)CC(=O)NC1CCC(C)CC1. The molecule has 102 valence electrons. The van der Waals surface area contributed by atoms with Crippen LogP contribution in [0.25, 0.3) is 0 Å². The van der Waals surface area contributed by atoms with E-state index in [1.165, 1.54) is 12.8 Å². The van der Waals surface area contributed by atoms with Crippen molar-refractivity contribution in [1.29, 1.82) is 0 Å². The molecule has 1 saturated carbocycles. The Labute approximate surface area is 111 Å². The lowest BCUT2D eigenvalue weighted by Gasteiger charge is -2.28. The summed E-state index contributed by atoms with van der Waals surface area (Å²) < 4.78 is 0. The third-order valence-electron chi connectivity index (χ3n) is 3.52. The Bertz CT molecular complexity index is 270. The Balaban J connectivity index is 2.30. The highest BCUT2D eigenvalue weighted by Crippen LogP contribution is 2.23. The molecule has 0 saturated heterocycles. The predicted octanol–water partition coefficient (Wildman–Crippen LogP) is 2.36. The van der Waals surface area contributed by atoms with Crippen molar-refractivity contribution in [3.05, 3.63) is 25.3 Å². The first kappa shape index (κ1) is 15.0. The molecule has 1 rings (SSSR count). The van der Waals surface area contributed by atoms with Gasteiger partial charge < -0.3 is 5.32 Å². The number of carbonyl (C=O) groups is 1. The van der Waals surface area contributed by atoms with Crippen molar-refractivity contribution in [1.82, 2.24) is 10.2 Å². The van der Waals surface area contributed by atoms with Gasteiger partial charge in [0.2, 0.25) is 5.91 Å². The van der Waals surface area contributed by atoms with Gasteiger partial charge in [0.05, 0.1) is 6.54 Å². The highest BCUT2D eigenvalue weighted by atomic mass is 16.2. The summed E-state index contributed by atoms with van der Waals surface area (Å²) >= 11 is 0. The van der Waals surface area contributed by atoms with Crippen LogP contribution >= 0.6 is 0 Å². The highest BCUT2D eigenvalue weighted by Gasteiger charge is 2.20. The minimum absolute atomic E-state index is 0.123. The van der Waals surface area contributed by atoms with Crippen LogP contribution in [-0.4, -0.2) is 36.5 Å². The van der Waals surface area contributed by atoms with Crippen molar-refractivity contribution in [3.63, 3.8) is 0 Å². The maximum Gasteiger partial charge on any atom is 0.234 e. The summed E-state index contributed by atoms with van der Waals surface area (Å²) in [7, 11) is 0. The molecule has 0 bridgehead atoms. The maximum absolute atomic E-state index is 11.9. The van der Waals surface area contributed by atoms with Crippen LogP contribution in [0.4, 0.5) is 0 Å². The molecule has 0 aromatic carbocycles. The Morgan fingerprint density at radius 3 is 2.28 bits per heavy atom. The van der Waals surface area contributed by atoms with E-state index in [4.69, 9.17) is 0 Å². The van der Waals surface area contributed by atoms with Crippen molar-refractivity contribution in [2.45, 2.75) is 38.6 Å². The van der Waals surface area contributed by atoms with E-state index < -0.39 is 0 Å². The zero-order valence-electron chi connectivity index (χ0n) is 11.5. The Morgan fingerprint density at radius 2 is 1.78 bits per heavy atom. The van der Waals surface area contributed by atoms with Crippen molar-refractivity contribution in [2.24, 2.45) is 5.92 Å². The molecule has 3 nitrogen and oxygen atoms in total. The summed E-state index contributed by atoms with van der Waals surface area (Å²) in [4.78, 5) is 14.0. The summed E-state index contributed by atoms with van der Waals surface area (Å²) in [5.74, 6) is 0.939. The molecule has 0 aromatic heterocycles. The van der Waals surface area contributed by atoms with Gasteiger partial charge in [0.25, 0.3) is 0 Å². The monoisotopic (exact) mass is 250 g/mol. The second kappa shape index (κ2) is 8.09. The zero-order valence-corrected chi connectivity index (χ0v) is 11.5. The molecule has 1 aliphatic rings. The normalized spacial score (nSPS) is 23.7. The van der Waals surface area contributed by atoms with E-state index in [9.17, 15) is 4.79 Å². The summed E-state index contributed by atoms with van der Waals surface area (Å²) in [5, 5.41) is 3.14. The van der Waals surface area contributed by atoms with Gasteiger partial charge in [-0.3, -0.25) is 9.69 Å². The van der Waals surface area contributed by atoms with E-state index in [0.717, 1.165) is 31.8 Å². The lowest BCUT2D eigenvalue weighted by molar-refractivity contribution is -0.123. The predicted molar refractivity (Wildman–Crippen MR) is 76.4 cm³/mol. The first-order valence-corrected chi connectivity index (χ1v) is 6.89. The van der Waals surface area contributed by atoms with Crippen molar-refractivity contribution < 1.29 is 4.79 Å². The maximum atomic E-state index is 11.9. The van der Waals surface area contributed by atoms with Crippen LogP contribution in [-0.2, 0) is 4.79 Å². The summed E-state index contributed by atoms with van der Waals surface area (Å²) in [6.45, 7) is 11.6. The lowest BCUT2D eigenvalue weighted by atomic mass is 9.87. The topological polar surface area (TPSA) is 32.3 Å². The van der Waals surface area contributed by atoms with Crippen LogP contribution in [0.5, 0.6) is 0 Å². The van der Waals surface area contributed by atoms with Crippen molar-refractivity contribution >= 4 is 5.91 Å². The Morgan fingerprint density at radius 1 is 1.22 bits per heavy atom. The molecule has 0 radical (unpaired) electrons. The standard InChI is InChI=1S/C15H26N2O/c1-4-10-17(11-5-2)12-15(18)16-14-8-6-13(3)7-9-14/h4-5,13-14H,1-2,6-12H2,3H3,(H,16,18). The number of amides is 1. The highest BCUT2D eigenvalue weighted by molar-refractivity contribution is 5.78. The smallest absolute Gasteiger partial charge is 0.234 e. The minimum atomic E-state index is 0.123. The van der Waals surface area contributed by atoms with E-state index in [1.54, 1.807) is 0 Å². The molecular formula is C15H26N2O. The van der Waals surface area contributed by atoms with Crippen LogP contribution < -0.4 is 5.32 Å². The first-order chi connectivity index (χ1) is 8.65. The third kappa shape index (κ3) is 5.50. The molecule has 0 atom stereocenters. The first-order valence-electron chi connectivity index (χ1n) is 6.89. The van der Waals surface area contributed by atoms with Crippen LogP contribution in [0.1, 0.15) is 32.6 Å². The molecule has 1 fully saturated rings. The molecular weight excluding hydrogens is 224 g/mol. The number of carbonyl (C=O) groups excluding carboxylic acids is 1. The van der Waals surface area contributed by atoms with Crippen LogP contribution in [0.3, 0.4) is 0 Å². The second-order valence-electron chi connectivity index (χ2n) is 5.30. The molecule has 1 N–H and O–H groups in total. The van der Waals surface area contributed by atoms with E-state index >= 15 is 0 Å². The zero-order chi connectivity index (χ0) is 13.4. The van der Waals surface area contributed by atoms with Gasteiger partial charge in [0.15, 0.2) is 0 Å². The fraction of sp³-hybridized carbons (Fsp3) is 0.667. The summed E-state index contributed by atoms with van der Waals surface area (Å²) in [6.07, 6.45) is 8.34.